The summed E-state index contributed by atoms with van der Waals surface area (Å²) >= 11 is 0. The molecule has 2 N–H and O–H groups in total. The number of nitrogens with two attached hydrogens (primary N) is 1. The standard InChI is InChI=1S/C15H16N2O2/c16-9-12-10-17-5-4-13(12)11-2-3-14-15(8-11)19-7-1-6-18-14/h2-5,8,10H,1,6-7,9,16H2. The summed E-state index contributed by atoms with van der Waals surface area (Å²) in [5.41, 5.74) is 8.95. The van der Waals surface area contributed by atoms with E-state index in [2.05, 4.69) is 4.98 Å². The fourth-order valence-corrected chi connectivity index (χ4v) is 2.20. The van der Waals surface area contributed by atoms with E-state index >= 15 is 0 Å². The Morgan fingerprint density at radius 1 is 1.11 bits per heavy atom. The zero-order chi connectivity index (χ0) is 13.1. The summed E-state index contributed by atoms with van der Waals surface area (Å²) in [5.74, 6) is 1.61. The number of fused-ring (bicyclic) bond motifs is 1. The minimum atomic E-state index is 0.470. The van der Waals surface area contributed by atoms with Crippen LogP contribution in [0.3, 0.4) is 0 Å². The first kappa shape index (κ1) is 12.0. The molecule has 4 nitrogen and oxygen atoms in total. The van der Waals surface area contributed by atoms with E-state index in [1.54, 1.807) is 12.4 Å². The summed E-state index contributed by atoms with van der Waals surface area (Å²) in [6, 6.07) is 7.97. The van der Waals surface area contributed by atoms with Crippen LogP contribution in [0.25, 0.3) is 11.1 Å². The quantitative estimate of drug-likeness (QED) is 0.896. The Kier molecular flexibility index (Phi) is 3.33. The Balaban J connectivity index is 2.04. The van der Waals surface area contributed by atoms with E-state index in [1.165, 1.54) is 0 Å². The number of benzene rings is 1. The normalized spacial score (nSPS) is 13.9. The van der Waals surface area contributed by atoms with Gasteiger partial charge in [0.1, 0.15) is 0 Å². The monoisotopic (exact) mass is 256 g/mol. The minimum absolute atomic E-state index is 0.470. The summed E-state index contributed by atoms with van der Waals surface area (Å²) < 4.78 is 11.3. The van der Waals surface area contributed by atoms with E-state index in [0.29, 0.717) is 19.8 Å². The number of aromatic nitrogens is 1. The molecule has 4 heteroatoms. The Bertz CT molecular complexity index is 584. The average Bonchev–Trinajstić information content (AvgIpc) is 2.71. The third-order valence-corrected chi connectivity index (χ3v) is 3.18. The van der Waals surface area contributed by atoms with Crippen LogP contribution < -0.4 is 15.2 Å². The number of ether oxygens (including phenoxy) is 2. The molecule has 0 atom stereocenters. The van der Waals surface area contributed by atoms with Crippen molar-refractivity contribution in [2.45, 2.75) is 13.0 Å². The van der Waals surface area contributed by atoms with Crippen molar-refractivity contribution in [1.82, 2.24) is 4.98 Å². The molecule has 0 unspecified atom stereocenters. The van der Waals surface area contributed by atoms with Crippen LogP contribution in [0.1, 0.15) is 12.0 Å². The first-order valence-corrected chi connectivity index (χ1v) is 6.41. The molecule has 0 saturated carbocycles. The van der Waals surface area contributed by atoms with Crippen LogP contribution in [0.2, 0.25) is 0 Å². The van der Waals surface area contributed by atoms with Crippen LogP contribution in [0.15, 0.2) is 36.7 Å². The second-order valence-corrected chi connectivity index (χ2v) is 4.45. The van der Waals surface area contributed by atoms with Crippen molar-refractivity contribution in [1.29, 1.82) is 0 Å². The van der Waals surface area contributed by atoms with Crippen LogP contribution in [-0.2, 0) is 6.54 Å². The van der Waals surface area contributed by atoms with Crippen molar-refractivity contribution < 1.29 is 9.47 Å². The third kappa shape index (κ3) is 2.39. The molecular weight excluding hydrogens is 240 g/mol. The van der Waals surface area contributed by atoms with Gasteiger partial charge in [-0.05, 0) is 34.9 Å². The highest BCUT2D eigenvalue weighted by atomic mass is 16.5. The molecule has 0 aliphatic carbocycles. The number of pyridine rings is 1. The van der Waals surface area contributed by atoms with Gasteiger partial charge in [0.2, 0.25) is 0 Å². The molecule has 1 aromatic heterocycles. The van der Waals surface area contributed by atoms with Crippen LogP contribution in [0, 0.1) is 0 Å². The van der Waals surface area contributed by atoms with Crippen LogP contribution >= 0.6 is 0 Å². The summed E-state index contributed by atoms with van der Waals surface area (Å²) in [4.78, 5) is 4.11. The summed E-state index contributed by atoms with van der Waals surface area (Å²) in [7, 11) is 0. The van der Waals surface area contributed by atoms with E-state index in [-0.39, 0.29) is 0 Å². The minimum Gasteiger partial charge on any atom is -0.490 e. The SMILES string of the molecule is NCc1cnccc1-c1ccc2c(c1)OCCCO2. The van der Waals surface area contributed by atoms with Crippen LogP contribution in [0.5, 0.6) is 11.5 Å². The third-order valence-electron chi connectivity index (χ3n) is 3.18. The Morgan fingerprint density at radius 3 is 2.79 bits per heavy atom. The predicted octanol–water partition coefficient (Wildman–Crippen LogP) is 2.37. The fourth-order valence-electron chi connectivity index (χ4n) is 2.20. The molecule has 0 saturated heterocycles. The van der Waals surface area contributed by atoms with Gasteiger partial charge in [0.25, 0.3) is 0 Å². The molecule has 1 aliphatic rings. The predicted molar refractivity (Wildman–Crippen MR) is 73.2 cm³/mol. The molecule has 0 spiro atoms. The van der Waals surface area contributed by atoms with E-state index in [0.717, 1.165) is 34.6 Å². The van der Waals surface area contributed by atoms with Crippen LogP contribution in [0.4, 0.5) is 0 Å². The molecule has 0 amide bonds. The molecule has 1 aliphatic heterocycles. The van der Waals surface area contributed by atoms with Gasteiger partial charge in [-0.25, -0.2) is 0 Å². The maximum absolute atomic E-state index is 5.75. The van der Waals surface area contributed by atoms with Gasteiger partial charge in [-0.15, -0.1) is 0 Å². The molecule has 19 heavy (non-hydrogen) atoms. The maximum Gasteiger partial charge on any atom is 0.161 e. The first-order chi connectivity index (χ1) is 9.38. The lowest BCUT2D eigenvalue weighted by atomic mass is 10.0. The van der Waals surface area contributed by atoms with E-state index in [9.17, 15) is 0 Å². The lowest BCUT2D eigenvalue weighted by Crippen LogP contribution is -2.00. The van der Waals surface area contributed by atoms with Gasteiger partial charge in [0.05, 0.1) is 13.2 Å². The molecule has 2 aromatic rings. The molecule has 0 radical (unpaired) electrons. The topological polar surface area (TPSA) is 57.4 Å². The number of rotatable bonds is 2. The number of hydrogen-bond acceptors (Lipinski definition) is 4. The number of hydrogen-bond donors (Lipinski definition) is 1. The first-order valence-electron chi connectivity index (χ1n) is 6.41. The van der Waals surface area contributed by atoms with Crippen molar-refractivity contribution >= 4 is 0 Å². The largest absolute Gasteiger partial charge is 0.490 e. The van der Waals surface area contributed by atoms with Crippen molar-refractivity contribution in [2.24, 2.45) is 5.73 Å². The highest BCUT2D eigenvalue weighted by Gasteiger charge is 2.12. The van der Waals surface area contributed by atoms with Gasteiger partial charge < -0.3 is 15.2 Å². The van der Waals surface area contributed by atoms with Gasteiger partial charge in [-0.3, -0.25) is 4.98 Å². The zero-order valence-corrected chi connectivity index (χ0v) is 10.6. The summed E-state index contributed by atoms with van der Waals surface area (Å²) in [5, 5.41) is 0. The molecule has 0 fully saturated rings. The van der Waals surface area contributed by atoms with Gasteiger partial charge in [0.15, 0.2) is 11.5 Å². The van der Waals surface area contributed by atoms with Crippen molar-refractivity contribution in [3.8, 4) is 22.6 Å². The summed E-state index contributed by atoms with van der Waals surface area (Å²) in [6.07, 6.45) is 4.49. The van der Waals surface area contributed by atoms with Gasteiger partial charge in [-0.2, -0.15) is 0 Å². The average molecular weight is 256 g/mol. The second kappa shape index (κ2) is 5.28. The summed E-state index contributed by atoms with van der Waals surface area (Å²) in [6.45, 7) is 1.86. The van der Waals surface area contributed by atoms with Gasteiger partial charge >= 0.3 is 0 Å². The van der Waals surface area contributed by atoms with E-state index in [4.69, 9.17) is 15.2 Å². The maximum atomic E-state index is 5.75. The highest BCUT2D eigenvalue weighted by Crippen LogP contribution is 2.34. The molecule has 1 aromatic carbocycles. The lowest BCUT2D eigenvalue weighted by molar-refractivity contribution is 0.297. The Hall–Kier alpha value is -2.07. The van der Waals surface area contributed by atoms with Gasteiger partial charge in [-0.1, -0.05) is 6.07 Å². The highest BCUT2D eigenvalue weighted by molar-refractivity contribution is 5.69. The molecule has 0 bridgehead atoms. The fraction of sp³-hybridized carbons (Fsp3) is 0.267. The van der Waals surface area contributed by atoms with E-state index < -0.39 is 0 Å². The number of nitrogens with zero attached hydrogens (tertiary/aromatic N) is 1. The van der Waals surface area contributed by atoms with Crippen molar-refractivity contribution in [3.05, 3.63) is 42.2 Å². The molecular formula is C15H16N2O2. The molecule has 98 valence electrons. The second-order valence-electron chi connectivity index (χ2n) is 4.45. The van der Waals surface area contributed by atoms with Crippen LogP contribution in [-0.4, -0.2) is 18.2 Å². The smallest absolute Gasteiger partial charge is 0.161 e. The van der Waals surface area contributed by atoms with Crippen molar-refractivity contribution in [2.75, 3.05) is 13.2 Å². The molecule has 2 heterocycles. The van der Waals surface area contributed by atoms with E-state index in [1.807, 2.05) is 24.3 Å². The zero-order valence-electron chi connectivity index (χ0n) is 10.6. The van der Waals surface area contributed by atoms with Gasteiger partial charge in [0, 0.05) is 25.4 Å². The lowest BCUT2D eigenvalue weighted by Gasteiger charge is -2.11. The Labute approximate surface area is 112 Å². The van der Waals surface area contributed by atoms with Crippen molar-refractivity contribution in [3.63, 3.8) is 0 Å². The Morgan fingerprint density at radius 2 is 1.95 bits per heavy atom. The molecule has 3 rings (SSSR count).